The van der Waals surface area contributed by atoms with Gasteiger partial charge in [0.05, 0.1) is 24.1 Å². The summed E-state index contributed by atoms with van der Waals surface area (Å²) in [6.45, 7) is 1.86. The van der Waals surface area contributed by atoms with Crippen LogP contribution in [0.2, 0.25) is 0 Å². The van der Waals surface area contributed by atoms with Gasteiger partial charge in [-0.15, -0.1) is 5.10 Å². The summed E-state index contributed by atoms with van der Waals surface area (Å²) in [6, 6.07) is 7.71. The van der Waals surface area contributed by atoms with Crippen LogP contribution in [0.5, 0.6) is 5.75 Å². The predicted octanol–water partition coefficient (Wildman–Crippen LogP) is 3.31. The molecule has 25 heavy (non-hydrogen) atoms. The lowest BCUT2D eigenvalue weighted by Gasteiger charge is -2.22. The lowest BCUT2D eigenvalue weighted by Crippen LogP contribution is -2.24. The van der Waals surface area contributed by atoms with Crippen LogP contribution in [0.15, 0.2) is 29.4 Å². The zero-order valence-corrected chi connectivity index (χ0v) is 15.3. The van der Waals surface area contributed by atoms with Crippen molar-refractivity contribution in [3.8, 4) is 5.75 Å². The Hall–Kier alpha value is -2.09. The van der Waals surface area contributed by atoms with E-state index in [1.54, 1.807) is 7.11 Å². The molecule has 0 aliphatic heterocycles. The van der Waals surface area contributed by atoms with Crippen LogP contribution >= 0.6 is 11.8 Å². The molecule has 1 aliphatic carbocycles. The third-order valence-corrected chi connectivity index (χ3v) is 5.45. The maximum absolute atomic E-state index is 12.5. The molecule has 0 spiro atoms. The maximum atomic E-state index is 12.5. The molecule has 1 atom stereocenters. The highest BCUT2D eigenvalue weighted by Crippen LogP contribution is 2.32. The van der Waals surface area contributed by atoms with Gasteiger partial charge in [0.2, 0.25) is 11.1 Å². The van der Waals surface area contributed by atoms with Gasteiger partial charge in [0.15, 0.2) is 0 Å². The van der Waals surface area contributed by atoms with Crippen LogP contribution in [0, 0.1) is 0 Å². The Kier molecular flexibility index (Phi) is 5.91. The fourth-order valence-corrected chi connectivity index (χ4v) is 3.87. The molecule has 0 bridgehead atoms. The molecule has 1 aliphatic rings. The van der Waals surface area contributed by atoms with Crippen molar-refractivity contribution >= 4 is 23.4 Å². The molecule has 1 heterocycles. The van der Waals surface area contributed by atoms with E-state index in [9.17, 15) is 4.79 Å². The SMILES string of the molecule is COc1ccccc1NC(=O)C(C)Sc1nnnn1C1CCCCC1. The van der Waals surface area contributed by atoms with Gasteiger partial charge in [-0.05, 0) is 42.3 Å². The topological polar surface area (TPSA) is 81.9 Å². The van der Waals surface area contributed by atoms with E-state index < -0.39 is 0 Å². The van der Waals surface area contributed by atoms with Crippen molar-refractivity contribution in [1.29, 1.82) is 0 Å². The number of rotatable bonds is 6. The van der Waals surface area contributed by atoms with Crippen molar-refractivity contribution in [3.05, 3.63) is 24.3 Å². The van der Waals surface area contributed by atoms with Crippen LogP contribution in [-0.2, 0) is 4.79 Å². The van der Waals surface area contributed by atoms with E-state index in [2.05, 4.69) is 20.8 Å². The largest absolute Gasteiger partial charge is 0.495 e. The quantitative estimate of drug-likeness (QED) is 0.795. The molecule has 1 saturated carbocycles. The van der Waals surface area contributed by atoms with Crippen LogP contribution in [0.3, 0.4) is 0 Å². The molecular formula is C17H23N5O2S. The number of benzene rings is 1. The van der Waals surface area contributed by atoms with E-state index in [0.29, 0.717) is 22.6 Å². The second-order valence-corrected chi connectivity index (χ2v) is 7.46. The predicted molar refractivity (Wildman–Crippen MR) is 96.9 cm³/mol. The average Bonchev–Trinajstić information content (AvgIpc) is 3.11. The van der Waals surface area contributed by atoms with E-state index in [-0.39, 0.29) is 11.2 Å². The molecule has 0 saturated heterocycles. The maximum Gasteiger partial charge on any atom is 0.237 e. The number of anilines is 1. The van der Waals surface area contributed by atoms with Crippen LogP contribution in [0.1, 0.15) is 45.1 Å². The van der Waals surface area contributed by atoms with Gasteiger partial charge in [0, 0.05) is 0 Å². The van der Waals surface area contributed by atoms with Crippen molar-refractivity contribution in [2.75, 3.05) is 12.4 Å². The number of thioether (sulfide) groups is 1. The molecule has 1 unspecified atom stereocenters. The summed E-state index contributed by atoms with van der Waals surface area (Å²) in [4.78, 5) is 12.5. The van der Waals surface area contributed by atoms with E-state index in [1.807, 2.05) is 35.9 Å². The monoisotopic (exact) mass is 361 g/mol. The van der Waals surface area contributed by atoms with Crippen molar-refractivity contribution in [3.63, 3.8) is 0 Å². The fraction of sp³-hybridized carbons (Fsp3) is 0.529. The molecule has 1 aromatic carbocycles. The average molecular weight is 361 g/mol. The molecule has 134 valence electrons. The number of para-hydroxylation sites is 2. The normalized spacial score (nSPS) is 16.4. The van der Waals surface area contributed by atoms with E-state index >= 15 is 0 Å². The lowest BCUT2D eigenvalue weighted by molar-refractivity contribution is -0.115. The van der Waals surface area contributed by atoms with E-state index in [0.717, 1.165) is 12.8 Å². The van der Waals surface area contributed by atoms with Crippen molar-refractivity contribution < 1.29 is 9.53 Å². The first-order valence-electron chi connectivity index (χ1n) is 8.57. The van der Waals surface area contributed by atoms with Gasteiger partial charge in [0.1, 0.15) is 5.75 Å². The summed E-state index contributed by atoms with van der Waals surface area (Å²) in [5.41, 5.74) is 0.661. The highest BCUT2D eigenvalue weighted by Gasteiger charge is 2.24. The van der Waals surface area contributed by atoms with Crippen LogP contribution in [0.25, 0.3) is 0 Å². The van der Waals surface area contributed by atoms with Crippen LogP contribution in [-0.4, -0.2) is 38.5 Å². The van der Waals surface area contributed by atoms with Gasteiger partial charge in [-0.1, -0.05) is 43.2 Å². The van der Waals surface area contributed by atoms with Crippen LogP contribution in [0.4, 0.5) is 5.69 Å². The van der Waals surface area contributed by atoms with Gasteiger partial charge < -0.3 is 10.1 Å². The number of hydrogen-bond donors (Lipinski definition) is 1. The smallest absolute Gasteiger partial charge is 0.237 e. The molecule has 7 nitrogen and oxygen atoms in total. The number of nitrogens with zero attached hydrogens (tertiary/aromatic N) is 4. The standard InChI is InChI=1S/C17H23N5O2S/c1-12(16(23)18-14-10-6-7-11-15(14)24-2)25-17-19-20-21-22(17)13-8-4-3-5-9-13/h6-7,10-13H,3-5,8-9H2,1-2H3,(H,18,23). The molecule has 1 fully saturated rings. The van der Waals surface area contributed by atoms with Crippen molar-refractivity contribution in [2.24, 2.45) is 0 Å². The zero-order valence-electron chi connectivity index (χ0n) is 14.5. The fourth-order valence-electron chi connectivity index (χ4n) is 3.01. The second kappa shape index (κ2) is 8.33. The van der Waals surface area contributed by atoms with Gasteiger partial charge in [0.25, 0.3) is 0 Å². The molecular weight excluding hydrogens is 338 g/mol. The van der Waals surface area contributed by atoms with Gasteiger partial charge >= 0.3 is 0 Å². The van der Waals surface area contributed by atoms with Crippen molar-refractivity contribution in [1.82, 2.24) is 20.2 Å². The Morgan fingerprint density at radius 2 is 2.08 bits per heavy atom. The van der Waals surface area contributed by atoms with Gasteiger partial charge in [-0.3, -0.25) is 4.79 Å². The summed E-state index contributed by atoms with van der Waals surface area (Å²) in [7, 11) is 1.58. The Balaban J connectivity index is 1.65. The molecule has 8 heteroatoms. The lowest BCUT2D eigenvalue weighted by atomic mass is 9.96. The summed E-state index contributed by atoms with van der Waals surface area (Å²) in [5, 5.41) is 15.4. The Morgan fingerprint density at radius 3 is 2.84 bits per heavy atom. The highest BCUT2D eigenvalue weighted by atomic mass is 32.2. The number of carbonyl (C=O) groups excluding carboxylic acids is 1. The summed E-state index contributed by atoms with van der Waals surface area (Å²) in [6.07, 6.45) is 5.89. The minimum absolute atomic E-state index is 0.104. The van der Waals surface area contributed by atoms with E-state index in [1.165, 1.54) is 31.0 Å². The third-order valence-electron chi connectivity index (χ3n) is 4.40. The van der Waals surface area contributed by atoms with Gasteiger partial charge in [-0.25, -0.2) is 4.68 Å². The number of tetrazole rings is 1. The first-order chi connectivity index (χ1) is 12.2. The van der Waals surface area contributed by atoms with E-state index in [4.69, 9.17) is 4.74 Å². The zero-order chi connectivity index (χ0) is 17.6. The number of carbonyl (C=O) groups is 1. The second-order valence-electron chi connectivity index (χ2n) is 6.15. The number of ether oxygens (including phenoxy) is 1. The molecule has 1 aromatic heterocycles. The molecule has 1 N–H and O–H groups in total. The number of hydrogen-bond acceptors (Lipinski definition) is 6. The minimum atomic E-state index is -0.321. The van der Waals surface area contributed by atoms with Crippen molar-refractivity contribution in [2.45, 2.75) is 55.5 Å². The molecule has 1 amide bonds. The number of methoxy groups -OCH3 is 1. The molecule has 2 aromatic rings. The highest BCUT2D eigenvalue weighted by molar-refractivity contribution is 8.00. The Bertz CT molecular complexity index is 715. The molecule has 3 rings (SSSR count). The number of aromatic nitrogens is 4. The number of nitrogens with one attached hydrogen (secondary N) is 1. The third kappa shape index (κ3) is 4.31. The summed E-state index contributed by atoms with van der Waals surface area (Å²) < 4.78 is 7.16. The Labute approximate surface area is 151 Å². The summed E-state index contributed by atoms with van der Waals surface area (Å²) >= 11 is 1.39. The first kappa shape index (κ1) is 17.7. The Morgan fingerprint density at radius 1 is 1.32 bits per heavy atom. The molecule has 0 radical (unpaired) electrons. The van der Waals surface area contributed by atoms with Crippen LogP contribution < -0.4 is 10.1 Å². The summed E-state index contributed by atoms with van der Waals surface area (Å²) in [5.74, 6) is 0.535. The first-order valence-corrected chi connectivity index (χ1v) is 9.45. The minimum Gasteiger partial charge on any atom is -0.495 e. The van der Waals surface area contributed by atoms with Gasteiger partial charge in [-0.2, -0.15) is 0 Å². The number of amides is 1.